The molecule has 0 aliphatic heterocycles. The number of hydrogen-bond donors (Lipinski definition) is 2. The molecule has 0 unspecified atom stereocenters. The highest BCUT2D eigenvalue weighted by molar-refractivity contribution is 8.01. The number of hydrogen-bond acceptors (Lipinski definition) is 6. The topological polar surface area (TPSA) is 66.9 Å². The number of carbonyl (C=O) groups is 1. The van der Waals surface area contributed by atoms with E-state index in [1.54, 1.807) is 11.8 Å². The van der Waals surface area contributed by atoms with Crippen LogP contribution in [0.1, 0.15) is 12.5 Å². The van der Waals surface area contributed by atoms with E-state index in [1.807, 2.05) is 18.2 Å². The Morgan fingerprint density at radius 1 is 1.30 bits per heavy atom. The first-order chi connectivity index (χ1) is 9.74. The summed E-state index contributed by atoms with van der Waals surface area (Å²) in [6.45, 7) is 2.90. The smallest absolute Gasteiger partial charge is 0.216 e. The third kappa shape index (κ3) is 5.18. The van der Waals surface area contributed by atoms with Crippen LogP contribution < -0.4 is 10.6 Å². The molecule has 2 aromatic rings. The fourth-order valence-electron chi connectivity index (χ4n) is 1.48. The Morgan fingerprint density at radius 3 is 2.85 bits per heavy atom. The average Bonchev–Trinajstić information content (AvgIpc) is 2.90. The molecule has 0 bridgehead atoms. The normalized spacial score (nSPS) is 10.2. The first-order valence-electron chi connectivity index (χ1n) is 6.22. The van der Waals surface area contributed by atoms with Gasteiger partial charge in [-0.25, -0.2) is 0 Å². The number of benzene rings is 1. The van der Waals surface area contributed by atoms with Crippen LogP contribution in [0.15, 0.2) is 34.7 Å². The zero-order chi connectivity index (χ0) is 14.2. The van der Waals surface area contributed by atoms with Crippen LogP contribution in [0.25, 0.3) is 0 Å². The maximum atomic E-state index is 10.7. The lowest BCUT2D eigenvalue weighted by atomic mass is 10.2. The first-order valence-corrected chi connectivity index (χ1v) is 8.03. The molecule has 2 N–H and O–H groups in total. The van der Waals surface area contributed by atoms with Crippen molar-refractivity contribution < 1.29 is 4.79 Å². The molecule has 0 saturated carbocycles. The van der Waals surface area contributed by atoms with Gasteiger partial charge in [0.25, 0.3) is 0 Å². The molecule has 0 aliphatic carbocycles. The van der Waals surface area contributed by atoms with Crippen molar-refractivity contribution in [1.82, 2.24) is 15.5 Å². The highest BCUT2D eigenvalue weighted by Crippen LogP contribution is 2.25. The molecule has 0 aliphatic rings. The molecule has 0 atom stereocenters. The predicted molar refractivity (Wildman–Crippen MR) is 83.1 cm³/mol. The standard InChI is InChI=1S/C13H16N4OS2/c1-10(18)14-7-8-19-13-17-16-12(20-13)15-9-11-5-3-2-4-6-11/h2-6H,7-9H2,1H3,(H,14,18)(H,15,16). The molecule has 1 heterocycles. The summed E-state index contributed by atoms with van der Waals surface area (Å²) in [5.41, 5.74) is 1.21. The molecule has 5 nitrogen and oxygen atoms in total. The summed E-state index contributed by atoms with van der Waals surface area (Å²) in [6, 6.07) is 10.2. The Kier molecular flexibility index (Phi) is 5.82. The maximum Gasteiger partial charge on any atom is 0.216 e. The highest BCUT2D eigenvalue weighted by atomic mass is 32.2. The van der Waals surface area contributed by atoms with Crippen molar-refractivity contribution in [2.24, 2.45) is 0 Å². The summed E-state index contributed by atoms with van der Waals surface area (Å²) in [5.74, 6) is 0.792. The Hall–Kier alpha value is -1.60. The van der Waals surface area contributed by atoms with Gasteiger partial charge in [0.1, 0.15) is 0 Å². The minimum atomic E-state index is -0.00641. The van der Waals surface area contributed by atoms with Gasteiger partial charge in [0.15, 0.2) is 4.34 Å². The van der Waals surface area contributed by atoms with Crippen LogP contribution in [0.5, 0.6) is 0 Å². The van der Waals surface area contributed by atoms with Crippen LogP contribution >= 0.6 is 23.1 Å². The zero-order valence-electron chi connectivity index (χ0n) is 11.1. The van der Waals surface area contributed by atoms with Crippen LogP contribution in [0.4, 0.5) is 5.13 Å². The van der Waals surface area contributed by atoms with Gasteiger partial charge in [-0.15, -0.1) is 10.2 Å². The van der Waals surface area contributed by atoms with Gasteiger partial charge in [0, 0.05) is 25.8 Å². The monoisotopic (exact) mass is 308 g/mol. The van der Waals surface area contributed by atoms with Gasteiger partial charge in [-0.2, -0.15) is 0 Å². The van der Waals surface area contributed by atoms with Crippen molar-refractivity contribution in [1.29, 1.82) is 0 Å². The van der Waals surface area contributed by atoms with Crippen molar-refractivity contribution in [3.05, 3.63) is 35.9 Å². The van der Waals surface area contributed by atoms with Gasteiger partial charge in [-0.1, -0.05) is 53.4 Å². The van der Waals surface area contributed by atoms with E-state index in [0.717, 1.165) is 21.8 Å². The Morgan fingerprint density at radius 2 is 2.10 bits per heavy atom. The van der Waals surface area contributed by atoms with E-state index < -0.39 is 0 Å². The summed E-state index contributed by atoms with van der Waals surface area (Å²) < 4.78 is 0.908. The number of aromatic nitrogens is 2. The maximum absolute atomic E-state index is 10.7. The predicted octanol–water partition coefficient (Wildman–Crippen LogP) is 2.38. The molecule has 1 aromatic heterocycles. The second kappa shape index (κ2) is 7.86. The molecule has 1 aromatic carbocycles. The van der Waals surface area contributed by atoms with E-state index >= 15 is 0 Å². The fourth-order valence-corrected chi connectivity index (χ4v) is 3.15. The summed E-state index contributed by atoms with van der Waals surface area (Å²) in [4.78, 5) is 10.7. The van der Waals surface area contributed by atoms with E-state index in [-0.39, 0.29) is 5.91 Å². The number of rotatable bonds is 7. The number of carbonyl (C=O) groups excluding carboxylic acids is 1. The fraction of sp³-hybridized carbons (Fsp3) is 0.308. The molecule has 0 spiro atoms. The Labute approximate surface area is 126 Å². The second-order valence-corrected chi connectivity index (χ2v) is 6.36. The van der Waals surface area contributed by atoms with Crippen molar-refractivity contribution in [3.8, 4) is 0 Å². The van der Waals surface area contributed by atoms with Gasteiger partial charge in [-0.3, -0.25) is 4.79 Å². The van der Waals surface area contributed by atoms with Crippen molar-refractivity contribution in [3.63, 3.8) is 0 Å². The van der Waals surface area contributed by atoms with Gasteiger partial charge in [-0.05, 0) is 5.56 Å². The largest absolute Gasteiger partial charge is 0.356 e. The number of thioether (sulfide) groups is 1. The number of anilines is 1. The van der Waals surface area contributed by atoms with Crippen molar-refractivity contribution in [2.75, 3.05) is 17.6 Å². The highest BCUT2D eigenvalue weighted by Gasteiger charge is 2.04. The Balaban J connectivity index is 1.73. The van der Waals surface area contributed by atoms with E-state index in [4.69, 9.17) is 0 Å². The van der Waals surface area contributed by atoms with E-state index in [2.05, 4.69) is 33.0 Å². The second-order valence-electron chi connectivity index (χ2n) is 4.04. The SMILES string of the molecule is CC(=O)NCCSc1nnc(NCc2ccccc2)s1. The van der Waals surface area contributed by atoms with Gasteiger partial charge in [0.05, 0.1) is 0 Å². The van der Waals surface area contributed by atoms with Crippen LogP contribution in [-0.2, 0) is 11.3 Å². The Bertz CT molecular complexity index is 544. The molecule has 7 heteroatoms. The molecular formula is C13H16N4OS2. The van der Waals surface area contributed by atoms with E-state index in [9.17, 15) is 4.79 Å². The molecule has 1 amide bonds. The van der Waals surface area contributed by atoms with Crippen molar-refractivity contribution >= 4 is 34.1 Å². The lowest BCUT2D eigenvalue weighted by Crippen LogP contribution is -2.22. The lowest BCUT2D eigenvalue weighted by molar-refractivity contribution is -0.118. The number of nitrogens with zero attached hydrogens (tertiary/aromatic N) is 2. The minimum Gasteiger partial charge on any atom is -0.356 e. The van der Waals surface area contributed by atoms with Crippen LogP contribution in [-0.4, -0.2) is 28.4 Å². The number of amides is 1. The molecule has 20 heavy (non-hydrogen) atoms. The molecule has 0 fully saturated rings. The third-order valence-electron chi connectivity index (χ3n) is 2.39. The van der Waals surface area contributed by atoms with E-state index in [1.165, 1.54) is 23.8 Å². The first kappa shape index (κ1) is 14.8. The van der Waals surface area contributed by atoms with Gasteiger partial charge in [0.2, 0.25) is 11.0 Å². The van der Waals surface area contributed by atoms with Crippen LogP contribution in [0.3, 0.4) is 0 Å². The van der Waals surface area contributed by atoms with Crippen LogP contribution in [0.2, 0.25) is 0 Å². The van der Waals surface area contributed by atoms with Crippen molar-refractivity contribution in [2.45, 2.75) is 17.8 Å². The summed E-state index contributed by atoms with van der Waals surface area (Å²) in [6.07, 6.45) is 0. The average molecular weight is 308 g/mol. The zero-order valence-corrected chi connectivity index (χ0v) is 12.8. The summed E-state index contributed by atoms with van der Waals surface area (Å²) >= 11 is 3.12. The lowest BCUT2D eigenvalue weighted by Gasteiger charge is -2.01. The third-order valence-corrected chi connectivity index (χ3v) is 4.41. The van der Waals surface area contributed by atoms with Gasteiger partial charge >= 0.3 is 0 Å². The summed E-state index contributed by atoms with van der Waals surface area (Å²) in [5, 5.41) is 15.0. The summed E-state index contributed by atoms with van der Waals surface area (Å²) in [7, 11) is 0. The van der Waals surface area contributed by atoms with Gasteiger partial charge < -0.3 is 10.6 Å². The molecule has 0 saturated heterocycles. The minimum absolute atomic E-state index is 0.00641. The molecule has 106 valence electrons. The number of nitrogens with one attached hydrogen (secondary N) is 2. The van der Waals surface area contributed by atoms with E-state index in [0.29, 0.717) is 6.54 Å². The molecule has 0 radical (unpaired) electrons. The van der Waals surface area contributed by atoms with Crippen LogP contribution in [0, 0.1) is 0 Å². The molecule has 2 rings (SSSR count). The molecular weight excluding hydrogens is 292 g/mol. The quantitative estimate of drug-likeness (QED) is 0.607.